The summed E-state index contributed by atoms with van der Waals surface area (Å²) >= 11 is 12.9. The van der Waals surface area contributed by atoms with Crippen LogP contribution in [0.15, 0.2) is 36.9 Å². The Morgan fingerprint density at radius 2 is 2.00 bits per heavy atom. The average molecular weight is 527 g/mol. The fourth-order valence-corrected chi connectivity index (χ4v) is 6.06. The fourth-order valence-electron chi connectivity index (χ4n) is 4.23. The molecule has 1 aliphatic heterocycles. The van der Waals surface area contributed by atoms with Gasteiger partial charge in [-0.05, 0) is 38.8 Å². The Bertz CT molecular complexity index is 1150. The number of imidazole rings is 1. The molecule has 184 valence electrons. The standard InChI is InChI=1S/C23H29Cl2N4O4P/c1-3-32-34(30,33-4-2)13-12-31-15-17-6-5-10-29(17)21-14-20(28-11-9-26-16-28)18-7-8-19(24)22(25)23(18)27-21/h7-9,11,14,16-17H,3-6,10,12-13,15H2,1-2H3/t17-/m0/s1. The summed E-state index contributed by atoms with van der Waals surface area (Å²) in [6.45, 7) is 5.93. The third-order valence-corrected chi connectivity index (χ3v) is 8.59. The van der Waals surface area contributed by atoms with E-state index in [9.17, 15) is 4.57 Å². The lowest BCUT2D eigenvalue weighted by molar-refractivity contribution is 0.127. The van der Waals surface area contributed by atoms with Crippen LogP contribution in [0, 0.1) is 0 Å². The van der Waals surface area contributed by atoms with Crippen LogP contribution in [0.1, 0.15) is 26.7 Å². The van der Waals surface area contributed by atoms with Gasteiger partial charge < -0.3 is 23.3 Å². The molecule has 0 radical (unpaired) electrons. The summed E-state index contributed by atoms with van der Waals surface area (Å²) in [4.78, 5) is 11.3. The molecule has 1 aliphatic rings. The number of hydrogen-bond acceptors (Lipinski definition) is 7. The molecular weight excluding hydrogens is 498 g/mol. The fraction of sp³-hybridized carbons (Fsp3) is 0.478. The van der Waals surface area contributed by atoms with Crippen molar-refractivity contribution in [3.05, 3.63) is 47.0 Å². The molecule has 11 heteroatoms. The van der Waals surface area contributed by atoms with Crippen LogP contribution in [-0.4, -0.2) is 59.7 Å². The van der Waals surface area contributed by atoms with Gasteiger partial charge >= 0.3 is 7.60 Å². The number of benzene rings is 1. The minimum absolute atomic E-state index is 0.136. The number of hydrogen-bond donors (Lipinski definition) is 0. The first-order chi connectivity index (χ1) is 16.5. The number of nitrogens with zero attached hydrogens (tertiary/aromatic N) is 4. The predicted molar refractivity (Wildman–Crippen MR) is 136 cm³/mol. The van der Waals surface area contributed by atoms with Crippen molar-refractivity contribution in [3.63, 3.8) is 0 Å². The summed E-state index contributed by atoms with van der Waals surface area (Å²) in [6, 6.07) is 5.89. The van der Waals surface area contributed by atoms with Gasteiger partial charge in [-0.25, -0.2) is 9.97 Å². The molecule has 3 aromatic rings. The number of fused-ring (bicyclic) bond motifs is 1. The molecule has 0 amide bonds. The predicted octanol–water partition coefficient (Wildman–Crippen LogP) is 5.98. The minimum Gasteiger partial charge on any atom is -0.379 e. The highest BCUT2D eigenvalue weighted by Crippen LogP contribution is 2.47. The quantitative estimate of drug-likeness (QED) is 0.224. The SMILES string of the molecule is CCOP(=O)(CCOC[C@@H]1CCCN1c1cc(-n2ccnc2)c2ccc(Cl)c(Cl)c2n1)OCC. The smallest absolute Gasteiger partial charge is 0.332 e. The molecule has 4 rings (SSSR count). The zero-order chi connectivity index (χ0) is 24.1. The van der Waals surface area contributed by atoms with Crippen LogP contribution in [0.3, 0.4) is 0 Å². The highest BCUT2D eigenvalue weighted by atomic mass is 35.5. The lowest BCUT2D eigenvalue weighted by Crippen LogP contribution is -2.34. The van der Waals surface area contributed by atoms with Crippen molar-refractivity contribution in [2.45, 2.75) is 32.7 Å². The molecular formula is C23H29Cl2N4O4P. The Morgan fingerprint density at radius 3 is 2.71 bits per heavy atom. The topological polar surface area (TPSA) is 78.7 Å². The van der Waals surface area contributed by atoms with Gasteiger partial charge in [-0.3, -0.25) is 4.57 Å². The molecule has 0 N–H and O–H groups in total. The maximum absolute atomic E-state index is 12.7. The van der Waals surface area contributed by atoms with Crippen LogP contribution >= 0.6 is 30.8 Å². The average Bonchev–Trinajstić information content (AvgIpc) is 3.51. The molecule has 0 bridgehead atoms. The number of aromatic nitrogens is 3. The Hall–Kier alpha value is -1.67. The van der Waals surface area contributed by atoms with Crippen LogP contribution in [0.2, 0.25) is 10.0 Å². The van der Waals surface area contributed by atoms with Gasteiger partial charge in [0, 0.05) is 30.4 Å². The number of halogens is 2. The molecule has 1 fully saturated rings. The number of rotatable bonds is 11. The first-order valence-electron chi connectivity index (χ1n) is 11.5. The molecule has 1 atom stereocenters. The van der Waals surface area contributed by atoms with Crippen molar-refractivity contribution >= 4 is 47.5 Å². The van der Waals surface area contributed by atoms with E-state index in [1.807, 2.05) is 22.9 Å². The molecule has 1 saturated heterocycles. The van der Waals surface area contributed by atoms with Crippen molar-refractivity contribution < 1.29 is 18.3 Å². The lowest BCUT2D eigenvalue weighted by Gasteiger charge is -2.27. The van der Waals surface area contributed by atoms with E-state index in [0.29, 0.717) is 42.0 Å². The van der Waals surface area contributed by atoms with Gasteiger partial charge in [0.15, 0.2) is 0 Å². The van der Waals surface area contributed by atoms with E-state index in [2.05, 4.69) is 9.88 Å². The second-order valence-corrected chi connectivity index (χ2v) is 10.9. The monoisotopic (exact) mass is 526 g/mol. The second-order valence-electron chi connectivity index (χ2n) is 7.96. The normalized spacial score (nSPS) is 16.6. The minimum atomic E-state index is -3.11. The molecule has 0 aliphatic carbocycles. The van der Waals surface area contributed by atoms with Crippen LogP contribution < -0.4 is 4.90 Å². The number of ether oxygens (including phenoxy) is 1. The second kappa shape index (κ2) is 11.4. The molecule has 8 nitrogen and oxygen atoms in total. The molecule has 1 aromatic carbocycles. The molecule has 0 spiro atoms. The maximum atomic E-state index is 12.7. The van der Waals surface area contributed by atoms with Crippen LogP contribution in [-0.2, 0) is 18.3 Å². The van der Waals surface area contributed by atoms with Crippen molar-refractivity contribution in [2.75, 3.05) is 44.0 Å². The van der Waals surface area contributed by atoms with E-state index in [4.69, 9.17) is 42.0 Å². The molecule has 2 aromatic heterocycles. The summed E-state index contributed by atoms with van der Waals surface area (Å²) in [5.41, 5.74) is 1.58. The first kappa shape index (κ1) is 25.4. The van der Waals surface area contributed by atoms with E-state index in [1.54, 1.807) is 32.4 Å². The summed E-state index contributed by atoms with van der Waals surface area (Å²) in [7, 11) is -3.11. The highest BCUT2D eigenvalue weighted by molar-refractivity contribution is 7.53. The number of anilines is 1. The van der Waals surface area contributed by atoms with Gasteiger partial charge in [-0.2, -0.15) is 0 Å². The first-order valence-corrected chi connectivity index (χ1v) is 13.9. The van der Waals surface area contributed by atoms with Gasteiger partial charge in [-0.15, -0.1) is 0 Å². The van der Waals surface area contributed by atoms with Gasteiger partial charge in [0.25, 0.3) is 0 Å². The third-order valence-electron chi connectivity index (χ3n) is 5.76. The Labute approximate surface area is 209 Å². The Balaban J connectivity index is 1.54. The Morgan fingerprint density at radius 1 is 1.21 bits per heavy atom. The van der Waals surface area contributed by atoms with Crippen LogP contribution in [0.4, 0.5) is 5.82 Å². The van der Waals surface area contributed by atoms with Gasteiger partial charge in [0.05, 0.1) is 66.2 Å². The molecule has 0 saturated carbocycles. The third kappa shape index (κ3) is 5.59. The zero-order valence-electron chi connectivity index (χ0n) is 19.3. The summed E-state index contributed by atoms with van der Waals surface area (Å²) in [6.07, 6.45) is 7.60. The van der Waals surface area contributed by atoms with E-state index in [0.717, 1.165) is 36.3 Å². The van der Waals surface area contributed by atoms with Crippen molar-refractivity contribution in [3.8, 4) is 5.69 Å². The van der Waals surface area contributed by atoms with Crippen molar-refractivity contribution in [1.29, 1.82) is 0 Å². The molecule has 0 unspecified atom stereocenters. The summed E-state index contributed by atoms with van der Waals surface area (Å²) in [5, 5.41) is 1.78. The van der Waals surface area contributed by atoms with E-state index >= 15 is 0 Å². The van der Waals surface area contributed by atoms with E-state index in [1.165, 1.54) is 0 Å². The van der Waals surface area contributed by atoms with Crippen molar-refractivity contribution in [2.24, 2.45) is 0 Å². The largest absolute Gasteiger partial charge is 0.379 e. The highest BCUT2D eigenvalue weighted by Gasteiger charge is 2.28. The van der Waals surface area contributed by atoms with Gasteiger partial charge in [0.1, 0.15) is 5.82 Å². The van der Waals surface area contributed by atoms with E-state index < -0.39 is 7.60 Å². The van der Waals surface area contributed by atoms with Gasteiger partial charge in [-0.1, -0.05) is 23.2 Å². The zero-order valence-corrected chi connectivity index (χ0v) is 21.7. The summed E-state index contributed by atoms with van der Waals surface area (Å²) in [5.74, 6) is 0.806. The van der Waals surface area contributed by atoms with Gasteiger partial charge in [0.2, 0.25) is 0 Å². The van der Waals surface area contributed by atoms with Crippen molar-refractivity contribution in [1.82, 2.24) is 14.5 Å². The molecule has 34 heavy (non-hydrogen) atoms. The molecule has 3 heterocycles. The van der Waals surface area contributed by atoms with Crippen LogP contribution in [0.5, 0.6) is 0 Å². The Kier molecular flexibility index (Phi) is 8.51. The lowest BCUT2D eigenvalue weighted by atomic mass is 10.1. The number of pyridine rings is 1. The van der Waals surface area contributed by atoms with Crippen LogP contribution in [0.25, 0.3) is 16.6 Å². The maximum Gasteiger partial charge on any atom is 0.332 e. The van der Waals surface area contributed by atoms with E-state index in [-0.39, 0.29) is 12.2 Å². The summed E-state index contributed by atoms with van der Waals surface area (Å²) < 4.78 is 31.2.